The first-order chi connectivity index (χ1) is 20.2. The molecule has 4 atom stereocenters. The summed E-state index contributed by atoms with van der Waals surface area (Å²) in [6, 6.07) is 5.84. The van der Waals surface area contributed by atoms with E-state index >= 15 is 0 Å². The first-order valence-corrected chi connectivity index (χ1v) is 13.2. The molecule has 232 valence electrons. The predicted molar refractivity (Wildman–Crippen MR) is 150 cm³/mol. The fraction of sp³-hybridized carbons (Fsp3) is 0.357. The van der Waals surface area contributed by atoms with Crippen LogP contribution in [0.1, 0.15) is 36.8 Å². The smallest absolute Gasteiger partial charge is 0.326 e. The summed E-state index contributed by atoms with van der Waals surface area (Å²) in [5, 5.41) is 44.8. The fourth-order valence-corrected chi connectivity index (χ4v) is 3.93. The van der Waals surface area contributed by atoms with Crippen molar-refractivity contribution in [3.05, 3.63) is 59.7 Å². The summed E-state index contributed by atoms with van der Waals surface area (Å²) in [5.41, 5.74) is 12.0. The number of carboxylic acids is 2. The van der Waals surface area contributed by atoms with Crippen molar-refractivity contribution in [2.45, 2.75) is 62.7 Å². The molecule has 11 N–H and O–H groups in total. The second-order valence-electron chi connectivity index (χ2n) is 9.81. The van der Waals surface area contributed by atoms with Gasteiger partial charge in [0, 0.05) is 25.7 Å². The number of hydrogen-bond donors (Lipinski definition) is 9. The Morgan fingerprint density at radius 3 is 1.53 bits per heavy atom. The van der Waals surface area contributed by atoms with Gasteiger partial charge in [0.25, 0.3) is 0 Å². The minimum atomic E-state index is -1.44. The van der Waals surface area contributed by atoms with Crippen molar-refractivity contribution in [2.75, 3.05) is 0 Å². The maximum atomic E-state index is 13.4. The summed E-state index contributed by atoms with van der Waals surface area (Å²) in [4.78, 5) is 73.5. The zero-order valence-electron chi connectivity index (χ0n) is 23.1. The standard InChI is InChI=1S/C28H35N5O10/c29-19(9-12-24(37)38)25(39)32-21(13-15-1-5-17(34)6-2-15)27(41)31-20(10-11-23(30)36)26(40)33-22(28(42)43)14-16-3-7-18(35)8-4-16/h1-8,19-22,34-35H,9-14,29H2,(H2,30,36)(H,31,41)(H,32,39)(H,33,40)(H,37,38)(H,42,43). The van der Waals surface area contributed by atoms with Crippen molar-refractivity contribution < 1.29 is 49.2 Å². The van der Waals surface area contributed by atoms with Crippen LogP contribution in [-0.4, -0.2) is 80.2 Å². The molecule has 0 bridgehead atoms. The minimum absolute atomic E-state index is 0.0364. The molecule has 0 spiro atoms. The molecule has 2 aromatic carbocycles. The van der Waals surface area contributed by atoms with Gasteiger partial charge in [0.05, 0.1) is 6.04 Å². The van der Waals surface area contributed by atoms with E-state index in [0.717, 1.165) is 0 Å². The lowest BCUT2D eigenvalue weighted by Crippen LogP contribution is -2.58. The Bertz CT molecular complexity index is 1300. The maximum absolute atomic E-state index is 13.4. The summed E-state index contributed by atoms with van der Waals surface area (Å²) >= 11 is 0. The lowest BCUT2D eigenvalue weighted by molar-refractivity contribution is -0.142. The van der Waals surface area contributed by atoms with E-state index in [0.29, 0.717) is 11.1 Å². The van der Waals surface area contributed by atoms with Crippen molar-refractivity contribution in [3.63, 3.8) is 0 Å². The lowest BCUT2D eigenvalue weighted by Gasteiger charge is -2.25. The average Bonchev–Trinajstić information content (AvgIpc) is 2.94. The molecule has 0 saturated carbocycles. The molecule has 15 heteroatoms. The molecule has 2 rings (SSSR count). The van der Waals surface area contributed by atoms with Crippen molar-refractivity contribution in [1.82, 2.24) is 16.0 Å². The van der Waals surface area contributed by atoms with Gasteiger partial charge in [-0.3, -0.25) is 24.0 Å². The van der Waals surface area contributed by atoms with Gasteiger partial charge in [-0.1, -0.05) is 24.3 Å². The van der Waals surface area contributed by atoms with Gasteiger partial charge in [-0.15, -0.1) is 0 Å². The van der Waals surface area contributed by atoms with E-state index in [2.05, 4.69) is 16.0 Å². The SMILES string of the molecule is NC(=O)CCC(NC(=O)C(Cc1ccc(O)cc1)NC(=O)C(N)CCC(=O)O)C(=O)NC(Cc1ccc(O)cc1)C(=O)O. The highest BCUT2D eigenvalue weighted by Crippen LogP contribution is 2.14. The lowest BCUT2D eigenvalue weighted by atomic mass is 10.0. The van der Waals surface area contributed by atoms with Gasteiger partial charge in [0.15, 0.2) is 0 Å². The highest BCUT2D eigenvalue weighted by molar-refractivity contribution is 5.94. The van der Waals surface area contributed by atoms with E-state index in [1.54, 1.807) is 0 Å². The average molecular weight is 602 g/mol. The third-order valence-corrected chi connectivity index (χ3v) is 6.32. The summed E-state index contributed by atoms with van der Waals surface area (Å²) in [7, 11) is 0. The van der Waals surface area contributed by atoms with Gasteiger partial charge in [-0.2, -0.15) is 0 Å². The van der Waals surface area contributed by atoms with Crippen LogP contribution in [0.15, 0.2) is 48.5 Å². The van der Waals surface area contributed by atoms with Crippen LogP contribution in [0.2, 0.25) is 0 Å². The Kier molecular flexibility index (Phi) is 12.9. The number of hydrogen-bond acceptors (Lipinski definition) is 9. The number of nitrogens with two attached hydrogens (primary N) is 2. The Morgan fingerprint density at radius 1 is 0.628 bits per heavy atom. The highest BCUT2D eigenvalue weighted by Gasteiger charge is 2.31. The second kappa shape index (κ2) is 16.3. The fourth-order valence-electron chi connectivity index (χ4n) is 3.93. The normalized spacial score (nSPS) is 13.5. The number of phenols is 2. The number of phenolic OH excluding ortho intramolecular Hbond substituents is 2. The minimum Gasteiger partial charge on any atom is -0.508 e. The number of carbonyl (C=O) groups is 6. The van der Waals surface area contributed by atoms with Crippen LogP contribution >= 0.6 is 0 Å². The molecule has 0 radical (unpaired) electrons. The number of carbonyl (C=O) groups excluding carboxylic acids is 4. The molecule has 0 fully saturated rings. The largest absolute Gasteiger partial charge is 0.508 e. The highest BCUT2D eigenvalue weighted by atomic mass is 16.4. The van der Waals surface area contributed by atoms with Gasteiger partial charge >= 0.3 is 11.9 Å². The molecule has 0 aliphatic carbocycles. The number of aliphatic carboxylic acids is 2. The number of nitrogens with one attached hydrogen (secondary N) is 3. The predicted octanol–water partition coefficient (Wildman–Crippen LogP) is -1.12. The van der Waals surface area contributed by atoms with Crippen molar-refractivity contribution in [3.8, 4) is 11.5 Å². The van der Waals surface area contributed by atoms with Crippen molar-refractivity contribution in [2.24, 2.45) is 11.5 Å². The number of carboxylic acid groups (broad SMARTS) is 2. The van der Waals surface area contributed by atoms with Gasteiger partial charge in [-0.25, -0.2) is 4.79 Å². The van der Waals surface area contributed by atoms with Crippen LogP contribution in [-0.2, 0) is 41.6 Å². The van der Waals surface area contributed by atoms with Crippen LogP contribution in [0.25, 0.3) is 0 Å². The van der Waals surface area contributed by atoms with E-state index in [9.17, 15) is 44.1 Å². The first kappa shape index (κ1) is 34.0. The van der Waals surface area contributed by atoms with E-state index in [1.807, 2.05) is 0 Å². The van der Waals surface area contributed by atoms with Gasteiger partial charge in [0.2, 0.25) is 23.6 Å². The van der Waals surface area contributed by atoms with Crippen LogP contribution in [0.3, 0.4) is 0 Å². The van der Waals surface area contributed by atoms with Gasteiger partial charge in [-0.05, 0) is 48.2 Å². The topological polar surface area (TPSA) is 271 Å². The molecule has 0 aliphatic heterocycles. The summed E-state index contributed by atoms with van der Waals surface area (Å²) in [6.45, 7) is 0. The monoisotopic (exact) mass is 601 g/mol. The Balaban J connectivity index is 2.26. The molecule has 43 heavy (non-hydrogen) atoms. The van der Waals surface area contributed by atoms with E-state index in [1.165, 1.54) is 48.5 Å². The summed E-state index contributed by atoms with van der Waals surface area (Å²) < 4.78 is 0. The Hall–Kier alpha value is -5.18. The summed E-state index contributed by atoms with van der Waals surface area (Å²) in [6.07, 6.45) is -1.54. The Labute approximate surface area is 246 Å². The number of rotatable bonds is 17. The molecule has 4 unspecified atom stereocenters. The van der Waals surface area contributed by atoms with Crippen molar-refractivity contribution in [1.29, 1.82) is 0 Å². The summed E-state index contributed by atoms with van der Waals surface area (Å²) in [5.74, 6) is -6.08. The van der Waals surface area contributed by atoms with E-state index in [-0.39, 0.29) is 43.6 Å². The molecule has 0 heterocycles. The third kappa shape index (κ3) is 12.1. The molecule has 0 saturated heterocycles. The molecular formula is C28H35N5O10. The van der Waals surface area contributed by atoms with Crippen LogP contribution in [0, 0.1) is 0 Å². The van der Waals surface area contributed by atoms with Crippen LogP contribution < -0.4 is 27.4 Å². The first-order valence-electron chi connectivity index (χ1n) is 13.2. The number of benzene rings is 2. The second-order valence-corrected chi connectivity index (χ2v) is 9.81. The Morgan fingerprint density at radius 2 is 1.07 bits per heavy atom. The molecular weight excluding hydrogens is 566 g/mol. The van der Waals surface area contributed by atoms with Crippen LogP contribution in [0.4, 0.5) is 0 Å². The van der Waals surface area contributed by atoms with E-state index in [4.69, 9.17) is 16.6 Å². The number of amides is 4. The number of primary amides is 1. The zero-order valence-corrected chi connectivity index (χ0v) is 23.1. The third-order valence-electron chi connectivity index (χ3n) is 6.32. The van der Waals surface area contributed by atoms with E-state index < -0.39 is 66.2 Å². The molecule has 15 nitrogen and oxygen atoms in total. The number of aromatic hydroxyl groups is 2. The molecule has 0 aromatic heterocycles. The molecule has 2 aromatic rings. The van der Waals surface area contributed by atoms with Gasteiger partial charge < -0.3 is 47.8 Å². The molecule has 0 aliphatic rings. The maximum Gasteiger partial charge on any atom is 0.326 e. The zero-order chi connectivity index (χ0) is 32.1. The van der Waals surface area contributed by atoms with Gasteiger partial charge in [0.1, 0.15) is 29.6 Å². The quantitative estimate of drug-likeness (QED) is 0.105. The molecule has 4 amide bonds. The van der Waals surface area contributed by atoms with Crippen LogP contribution in [0.5, 0.6) is 11.5 Å². The van der Waals surface area contributed by atoms with Crippen molar-refractivity contribution >= 4 is 35.6 Å².